The summed E-state index contributed by atoms with van der Waals surface area (Å²) in [5.41, 5.74) is 1.42. The van der Waals surface area contributed by atoms with Crippen molar-refractivity contribution in [2.75, 3.05) is 34.5 Å². The van der Waals surface area contributed by atoms with Gasteiger partial charge in [0.15, 0.2) is 0 Å². The van der Waals surface area contributed by atoms with Gasteiger partial charge in [-0.15, -0.1) is 0 Å². The van der Waals surface area contributed by atoms with Gasteiger partial charge >= 0.3 is 12.0 Å². The third-order valence-electron chi connectivity index (χ3n) is 7.73. The van der Waals surface area contributed by atoms with Crippen molar-refractivity contribution in [1.29, 1.82) is 0 Å². The minimum absolute atomic E-state index is 0.0528. The predicted octanol–water partition coefficient (Wildman–Crippen LogP) is 5.21. The van der Waals surface area contributed by atoms with Crippen molar-refractivity contribution in [2.24, 2.45) is 0 Å². The first-order chi connectivity index (χ1) is 28.6. The summed E-state index contributed by atoms with van der Waals surface area (Å²) >= 11 is 0. The molecule has 0 fully saturated rings. The highest BCUT2D eigenvalue weighted by Gasteiger charge is 2.19. The first kappa shape index (κ1) is 42.8. The lowest BCUT2D eigenvalue weighted by Gasteiger charge is -2.13. The van der Waals surface area contributed by atoms with Gasteiger partial charge < -0.3 is 41.0 Å². The molecule has 8 N–H and O–H groups in total. The molecule has 6 rings (SSSR count). The summed E-state index contributed by atoms with van der Waals surface area (Å²) in [5.74, 6) is -0.0301. The summed E-state index contributed by atoms with van der Waals surface area (Å²) in [6, 6.07) is 25.4. The van der Waals surface area contributed by atoms with Crippen LogP contribution < -0.4 is 30.7 Å². The Labute approximate surface area is 344 Å². The minimum Gasteiger partial charge on any atom is -0.461 e. The highest BCUT2D eigenvalue weighted by Crippen LogP contribution is 2.29. The number of aromatic nitrogens is 6. The second-order valence-electron chi connectivity index (χ2n) is 12.9. The molecule has 2 unspecified atom stereocenters. The number of hydrogen-bond acceptors (Lipinski definition) is 18. The van der Waals surface area contributed by atoms with Crippen molar-refractivity contribution >= 4 is 78.9 Å². The number of benzene rings is 4. The molecule has 0 bridgehead atoms. The normalized spacial score (nSPS) is 12.7. The molecule has 0 aliphatic heterocycles. The number of aliphatic hydroxyl groups excluding tert-OH is 2. The van der Waals surface area contributed by atoms with E-state index in [0.717, 1.165) is 12.1 Å². The van der Waals surface area contributed by atoms with E-state index in [2.05, 4.69) is 51.2 Å². The van der Waals surface area contributed by atoms with E-state index in [9.17, 15) is 36.2 Å². The minimum atomic E-state index is -4.88. The summed E-state index contributed by atoms with van der Waals surface area (Å²) in [6.45, 7) is 2.77. The number of nitrogens with zero attached hydrogens (tertiary/aromatic N) is 6. The largest absolute Gasteiger partial charge is 0.461 e. The number of rotatable bonds is 18. The van der Waals surface area contributed by atoms with Crippen LogP contribution in [0.2, 0.25) is 0 Å². The second-order valence-corrected chi connectivity index (χ2v) is 15.7. The number of ether oxygens (including phenoxy) is 2. The van der Waals surface area contributed by atoms with Crippen LogP contribution in [0.15, 0.2) is 107 Å². The van der Waals surface area contributed by atoms with E-state index in [4.69, 9.17) is 9.47 Å². The van der Waals surface area contributed by atoms with Crippen LogP contribution in [-0.4, -0.2) is 91.5 Å². The molecule has 2 aromatic heterocycles. The molecular weight excluding hydrogens is 821 g/mol. The Hall–Kier alpha value is -6.82. The van der Waals surface area contributed by atoms with Gasteiger partial charge in [0.1, 0.15) is 23.0 Å². The molecule has 20 nitrogen and oxygen atoms in total. The van der Waals surface area contributed by atoms with E-state index in [0.29, 0.717) is 11.4 Å². The van der Waals surface area contributed by atoms with Gasteiger partial charge in [-0.3, -0.25) is 9.11 Å². The quantitative estimate of drug-likeness (QED) is 0.0406. The molecular formula is C38H38N10O10S2. The van der Waals surface area contributed by atoms with Gasteiger partial charge in [0.2, 0.25) is 23.8 Å². The van der Waals surface area contributed by atoms with Crippen molar-refractivity contribution < 1.29 is 45.6 Å². The average Bonchev–Trinajstić information content (AvgIpc) is 3.19. The van der Waals surface area contributed by atoms with Gasteiger partial charge in [0.25, 0.3) is 20.2 Å². The summed E-state index contributed by atoms with van der Waals surface area (Å²) < 4.78 is 81.8. The SMILES string of the molecule is CC(O)COc1nc(Nc2ccccc2)nc(Nc2ccc(/C=C/c3ccc(Nc4nc(Nc5ccccc5)nc(OCC(C)O)n4)cc3S(=O)(=O)O)c(S(=O)(=O)O)c2)n1. The van der Waals surface area contributed by atoms with Crippen LogP contribution in [0, 0.1) is 0 Å². The molecule has 22 heteroatoms. The third kappa shape index (κ3) is 12.3. The number of nitrogens with one attached hydrogen (secondary N) is 4. The van der Waals surface area contributed by atoms with Gasteiger partial charge in [-0.1, -0.05) is 60.7 Å². The number of para-hydroxylation sites is 2. The van der Waals surface area contributed by atoms with Crippen LogP contribution in [0.5, 0.6) is 12.0 Å². The van der Waals surface area contributed by atoms with E-state index in [1.807, 2.05) is 12.1 Å². The summed E-state index contributed by atoms with van der Waals surface area (Å²) in [7, 11) is -9.76. The van der Waals surface area contributed by atoms with Crippen LogP contribution in [0.25, 0.3) is 12.2 Å². The topological polar surface area (TPSA) is 293 Å². The summed E-state index contributed by atoms with van der Waals surface area (Å²) in [5, 5.41) is 31.1. The van der Waals surface area contributed by atoms with Crippen molar-refractivity contribution in [3.05, 3.63) is 108 Å². The molecule has 0 aliphatic rings. The van der Waals surface area contributed by atoms with Crippen molar-refractivity contribution in [2.45, 2.75) is 35.8 Å². The molecule has 0 aliphatic carbocycles. The molecule has 2 heterocycles. The zero-order chi connectivity index (χ0) is 42.9. The Morgan fingerprint density at radius 2 is 0.850 bits per heavy atom. The van der Waals surface area contributed by atoms with Gasteiger partial charge in [-0.25, -0.2) is 0 Å². The fourth-order valence-corrected chi connectivity index (χ4v) is 6.56. The van der Waals surface area contributed by atoms with Gasteiger partial charge in [-0.2, -0.15) is 46.7 Å². The van der Waals surface area contributed by atoms with Gasteiger partial charge in [0, 0.05) is 22.7 Å². The lowest BCUT2D eigenvalue weighted by atomic mass is 10.1. The van der Waals surface area contributed by atoms with Crippen LogP contribution in [0.3, 0.4) is 0 Å². The monoisotopic (exact) mass is 858 g/mol. The van der Waals surface area contributed by atoms with E-state index in [-0.39, 0.29) is 71.5 Å². The fraction of sp³-hybridized carbons (Fsp3) is 0.158. The molecule has 0 spiro atoms. The lowest BCUT2D eigenvalue weighted by Crippen LogP contribution is -2.15. The smallest absolute Gasteiger partial charge is 0.323 e. The summed E-state index contributed by atoms with van der Waals surface area (Å²) in [4.78, 5) is 24.3. The highest BCUT2D eigenvalue weighted by atomic mass is 32.2. The molecule has 2 atom stereocenters. The first-order valence-electron chi connectivity index (χ1n) is 17.8. The van der Waals surface area contributed by atoms with E-state index in [1.54, 1.807) is 48.5 Å². The lowest BCUT2D eigenvalue weighted by molar-refractivity contribution is 0.116. The molecule has 0 saturated carbocycles. The number of hydrogen-bond donors (Lipinski definition) is 8. The average molecular weight is 859 g/mol. The Balaban J connectivity index is 1.27. The molecule has 0 saturated heterocycles. The summed E-state index contributed by atoms with van der Waals surface area (Å²) in [6.07, 6.45) is 0.797. The predicted molar refractivity (Wildman–Crippen MR) is 221 cm³/mol. The van der Waals surface area contributed by atoms with Crippen LogP contribution in [0.4, 0.5) is 46.5 Å². The zero-order valence-corrected chi connectivity index (χ0v) is 33.3. The molecule has 4 aromatic carbocycles. The molecule has 0 amide bonds. The number of aliphatic hydroxyl groups is 2. The highest BCUT2D eigenvalue weighted by molar-refractivity contribution is 7.86. The van der Waals surface area contributed by atoms with E-state index >= 15 is 0 Å². The van der Waals surface area contributed by atoms with Crippen LogP contribution >= 0.6 is 0 Å². The molecule has 0 radical (unpaired) electrons. The Bertz CT molecular complexity index is 2510. The molecule has 6 aromatic rings. The number of anilines is 8. The maximum absolute atomic E-state index is 12.6. The van der Waals surface area contributed by atoms with Crippen LogP contribution in [0.1, 0.15) is 25.0 Å². The van der Waals surface area contributed by atoms with Gasteiger partial charge in [0.05, 0.1) is 12.2 Å². The first-order valence-corrected chi connectivity index (χ1v) is 20.7. The fourth-order valence-electron chi connectivity index (χ4n) is 5.14. The van der Waals surface area contributed by atoms with Crippen LogP contribution in [-0.2, 0) is 20.2 Å². The van der Waals surface area contributed by atoms with E-state index < -0.39 is 42.2 Å². The standard InChI is InChI=1S/C38H38N10O10S2/c1-23(49)21-57-37-45-33(39-27-9-5-3-6-10-27)43-35(47-37)41-29-17-15-25(31(19-29)59(51,52)53)13-14-26-16-18-30(20-32(26)60(54,55)56)42-36-44-34(40-28-11-7-4-8-12-28)46-38(48-36)58-22-24(2)50/h3-20,23-24,49-50H,21-22H2,1-2H3,(H,51,52,53)(H,54,55,56)(H2,39,41,43,45,47)(H2,40,42,44,46,48)/b14-13+. The Morgan fingerprint density at radius 3 is 1.17 bits per heavy atom. The second kappa shape index (κ2) is 18.8. The Kier molecular flexibility index (Phi) is 13.4. The van der Waals surface area contributed by atoms with E-state index in [1.165, 1.54) is 50.3 Å². The van der Waals surface area contributed by atoms with Crippen molar-refractivity contribution in [3.63, 3.8) is 0 Å². The zero-order valence-electron chi connectivity index (χ0n) is 31.7. The van der Waals surface area contributed by atoms with Gasteiger partial charge in [-0.05, 0) is 73.5 Å². The maximum Gasteiger partial charge on any atom is 0.323 e. The molecule has 60 heavy (non-hydrogen) atoms. The van der Waals surface area contributed by atoms with Crippen molar-refractivity contribution in [3.8, 4) is 12.0 Å². The van der Waals surface area contributed by atoms with Crippen molar-refractivity contribution in [1.82, 2.24) is 29.9 Å². The molecule has 312 valence electrons. The third-order valence-corrected chi connectivity index (χ3v) is 9.55. The maximum atomic E-state index is 12.6. The Morgan fingerprint density at radius 1 is 0.517 bits per heavy atom.